The monoisotopic (exact) mass is 192 g/mol. The third-order valence-corrected chi connectivity index (χ3v) is 2.28. The van der Waals surface area contributed by atoms with Gasteiger partial charge in [-0.1, -0.05) is 0 Å². The summed E-state index contributed by atoms with van der Waals surface area (Å²) < 4.78 is 5.16. The summed E-state index contributed by atoms with van der Waals surface area (Å²) in [5, 5.41) is 10.8. The molecule has 1 saturated heterocycles. The lowest BCUT2D eigenvalue weighted by atomic mass is 10.4. The van der Waals surface area contributed by atoms with Crippen molar-refractivity contribution in [2.24, 2.45) is 0 Å². The molecular formula is C10H14N3O. The van der Waals surface area contributed by atoms with Gasteiger partial charge in [-0.3, -0.25) is 5.41 Å². The summed E-state index contributed by atoms with van der Waals surface area (Å²) in [5.74, 6) is 1.34. The lowest BCUT2D eigenvalue weighted by Crippen LogP contribution is -2.38. The molecule has 0 atom stereocenters. The lowest BCUT2D eigenvalue weighted by molar-refractivity contribution is 0.470. The number of likely N-dealkylation sites (tertiary alicyclic amines) is 1. The van der Waals surface area contributed by atoms with Crippen LogP contribution in [0.1, 0.15) is 12.2 Å². The van der Waals surface area contributed by atoms with Gasteiger partial charge >= 0.3 is 0 Å². The molecule has 2 heterocycles. The quantitative estimate of drug-likeness (QED) is 0.547. The standard InChI is InChI=1S/C10H14N3O/c11-10(13-5-1-2-6-13)12-8-9-4-3-7-14-9/h1,3-4,7H,2,5-6,8H2,(H2,11,12). The van der Waals surface area contributed by atoms with E-state index in [1.807, 2.05) is 17.0 Å². The van der Waals surface area contributed by atoms with Gasteiger partial charge < -0.3 is 14.6 Å². The van der Waals surface area contributed by atoms with Gasteiger partial charge in [0, 0.05) is 13.1 Å². The molecule has 14 heavy (non-hydrogen) atoms. The van der Waals surface area contributed by atoms with Gasteiger partial charge in [0.1, 0.15) is 5.76 Å². The van der Waals surface area contributed by atoms with Crippen molar-refractivity contribution in [3.8, 4) is 0 Å². The molecule has 2 rings (SSSR count). The van der Waals surface area contributed by atoms with Gasteiger partial charge in [0.2, 0.25) is 0 Å². The molecule has 0 spiro atoms. The highest BCUT2D eigenvalue weighted by Crippen LogP contribution is 2.06. The Morgan fingerprint density at radius 3 is 3.21 bits per heavy atom. The maximum absolute atomic E-state index is 7.74. The van der Waals surface area contributed by atoms with E-state index in [0.717, 1.165) is 25.3 Å². The zero-order valence-electron chi connectivity index (χ0n) is 7.99. The smallest absolute Gasteiger partial charge is 0.191 e. The fraction of sp³-hybridized carbons (Fsp3) is 0.400. The Balaban J connectivity index is 1.77. The third-order valence-electron chi connectivity index (χ3n) is 2.28. The average molecular weight is 192 g/mol. The summed E-state index contributed by atoms with van der Waals surface area (Å²) in [7, 11) is 0. The van der Waals surface area contributed by atoms with Gasteiger partial charge in [-0.15, -0.1) is 0 Å². The minimum absolute atomic E-state index is 0.482. The second-order valence-corrected chi connectivity index (χ2v) is 3.30. The third kappa shape index (κ3) is 2.07. The Morgan fingerprint density at radius 2 is 2.57 bits per heavy atom. The van der Waals surface area contributed by atoms with Crippen LogP contribution in [0.4, 0.5) is 0 Å². The van der Waals surface area contributed by atoms with Gasteiger partial charge in [0.15, 0.2) is 5.96 Å². The van der Waals surface area contributed by atoms with Gasteiger partial charge in [-0.2, -0.15) is 0 Å². The predicted molar refractivity (Wildman–Crippen MR) is 53.8 cm³/mol. The topological polar surface area (TPSA) is 52.3 Å². The molecule has 1 fully saturated rings. The van der Waals surface area contributed by atoms with Crippen LogP contribution < -0.4 is 5.32 Å². The SMILES string of the molecule is N=C(NCc1ccco1)N1C[CH]CC1. The molecule has 1 radical (unpaired) electrons. The number of hydrogen-bond donors (Lipinski definition) is 2. The normalized spacial score (nSPS) is 15.9. The first-order chi connectivity index (χ1) is 6.86. The molecule has 0 aromatic carbocycles. The minimum atomic E-state index is 0.482. The summed E-state index contributed by atoms with van der Waals surface area (Å²) in [6.07, 6.45) is 4.90. The summed E-state index contributed by atoms with van der Waals surface area (Å²) in [5.41, 5.74) is 0. The Hall–Kier alpha value is -1.45. The van der Waals surface area contributed by atoms with Crippen LogP contribution in [0.5, 0.6) is 0 Å². The van der Waals surface area contributed by atoms with Crippen LogP contribution in [0.15, 0.2) is 22.8 Å². The Kier molecular flexibility index (Phi) is 2.72. The highest BCUT2D eigenvalue weighted by molar-refractivity contribution is 5.77. The highest BCUT2D eigenvalue weighted by atomic mass is 16.3. The second-order valence-electron chi connectivity index (χ2n) is 3.30. The van der Waals surface area contributed by atoms with Crippen molar-refractivity contribution in [2.45, 2.75) is 13.0 Å². The van der Waals surface area contributed by atoms with E-state index in [1.165, 1.54) is 0 Å². The van der Waals surface area contributed by atoms with Crippen molar-refractivity contribution in [1.29, 1.82) is 5.41 Å². The van der Waals surface area contributed by atoms with Crippen LogP contribution in [-0.2, 0) is 6.54 Å². The van der Waals surface area contributed by atoms with E-state index in [2.05, 4.69) is 11.7 Å². The van der Waals surface area contributed by atoms with E-state index < -0.39 is 0 Å². The first-order valence-corrected chi connectivity index (χ1v) is 4.77. The highest BCUT2D eigenvalue weighted by Gasteiger charge is 2.14. The zero-order valence-corrected chi connectivity index (χ0v) is 7.99. The Labute approximate surface area is 83.4 Å². The number of nitrogens with zero attached hydrogens (tertiary/aromatic N) is 1. The van der Waals surface area contributed by atoms with Crippen LogP contribution in [0.2, 0.25) is 0 Å². The molecule has 1 aliphatic rings. The van der Waals surface area contributed by atoms with Gasteiger partial charge in [0.25, 0.3) is 0 Å². The van der Waals surface area contributed by atoms with Gasteiger partial charge in [-0.05, 0) is 25.0 Å². The van der Waals surface area contributed by atoms with E-state index in [4.69, 9.17) is 9.83 Å². The molecule has 0 amide bonds. The van der Waals surface area contributed by atoms with E-state index in [-0.39, 0.29) is 0 Å². The summed E-state index contributed by atoms with van der Waals surface area (Å²) in [6.45, 7) is 2.41. The number of furan rings is 1. The molecule has 1 aromatic rings. The molecule has 1 aliphatic heterocycles. The average Bonchev–Trinajstić information content (AvgIpc) is 2.87. The van der Waals surface area contributed by atoms with Crippen LogP contribution >= 0.6 is 0 Å². The van der Waals surface area contributed by atoms with Crippen molar-refractivity contribution < 1.29 is 4.42 Å². The Bertz CT molecular complexity index is 288. The largest absolute Gasteiger partial charge is 0.467 e. The molecule has 4 nitrogen and oxygen atoms in total. The molecule has 0 bridgehead atoms. The Morgan fingerprint density at radius 1 is 1.64 bits per heavy atom. The van der Waals surface area contributed by atoms with Crippen LogP contribution in [-0.4, -0.2) is 23.9 Å². The minimum Gasteiger partial charge on any atom is -0.467 e. The summed E-state index contributed by atoms with van der Waals surface area (Å²) in [6, 6.07) is 3.75. The molecular weight excluding hydrogens is 178 g/mol. The molecule has 4 heteroatoms. The number of guanidine groups is 1. The molecule has 1 aromatic heterocycles. The van der Waals surface area contributed by atoms with Crippen molar-refractivity contribution >= 4 is 5.96 Å². The molecule has 0 unspecified atom stereocenters. The molecule has 2 N–H and O–H groups in total. The van der Waals surface area contributed by atoms with E-state index in [0.29, 0.717) is 12.5 Å². The van der Waals surface area contributed by atoms with Gasteiger partial charge in [0.05, 0.1) is 12.8 Å². The second kappa shape index (κ2) is 4.17. The van der Waals surface area contributed by atoms with E-state index in [1.54, 1.807) is 6.26 Å². The first kappa shape index (κ1) is 9.12. The van der Waals surface area contributed by atoms with E-state index >= 15 is 0 Å². The number of hydrogen-bond acceptors (Lipinski definition) is 2. The number of nitrogens with one attached hydrogen (secondary N) is 2. The first-order valence-electron chi connectivity index (χ1n) is 4.77. The number of rotatable bonds is 2. The van der Waals surface area contributed by atoms with Gasteiger partial charge in [-0.25, -0.2) is 0 Å². The van der Waals surface area contributed by atoms with Crippen LogP contribution in [0.25, 0.3) is 0 Å². The van der Waals surface area contributed by atoms with E-state index in [9.17, 15) is 0 Å². The van der Waals surface area contributed by atoms with Crippen molar-refractivity contribution in [3.05, 3.63) is 30.6 Å². The molecule has 0 aliphatic carbocycles. The van der Waals surface area contributed by atoms with Crippen molar-refractivity contribution in [3.63, 3.8) is 0 Å². The zero-order chi connectivity index (χ0) is 9.80. The summed E-state index contributed by atoms with van der Waals surface area (Å²) in [4.78, 5) is 2.00. The lowest BCUT2D eigenvalue weighted by Gasteiger charge is -2.18. The van der Waals surface area contributed by atoms with Crippen LogP contribution in [0.3, 0.4) is 0 Å². The fourth-order valence-electron chi connectivity index (χ4n) is 1.48. The van der Waals surface area contributed by atoms with Crippen molar-refractivity contribution in [1.82, 2.24) is 10.2 Å². The maximum Gasteiger partial charge on any atom is 0.191 e. The fourth-order valence-corrected chi connectivity index (χ4v) is 1.48. The molecule has 75 valence electrons. The predicted octanol–water partition coefficient (Wildman–Crippen LogP) is 1.21. The van der Waals surface area contributed by atoms with Crippen molar-refractivity contribution in [2.75, 3.05) is 13.1 Å². The molecule has 0 saturated carbocycles. The summed E-state index contributed by atoms with van der Waals surface area (Å²) >= 11 is 0. The van der Waals surface area contributed by atoms with Crippen LogP contribution in [0, 0.1) is 11.8 Å². The maximum atomic E-state index is 7.74.